The molecule has 160 valence electrons. The monoisotopic (exact) mass is 451 g/mol. The number of hydrogen-bond acceptors (Lipinski definition) is 5. The molecule has 0 bridgehead atoms. The van der Waals surface area contributed by atoms with Gasteiger partial charge in [-0.25, -0.2) is 4.98 Å². The summed E-state index contributed by atoms with van der Waals surface area (Å²) in [6, 6.07) is 24.0. The van der Waals surface area contributed by atoms with Gasteiger partial charge >= 0.3 is 0 Å². The average molecular weight is 452 g/mol. The second-order valence-corrected chi connectivity index (χ2v) is 7.80. The van der Waals surface area contributed by atoms with E-state index in [2.05, 4.69) is 15.0 Å². The van der Waals surface area contributed by atoms with Crippen molar-refractivity contribution in [3.63, 3.8) is 0 Å². The van der Waals surface area contributed by atoms with E-state index in [-0.39, 0.29) is 10.8 Å². The molecule has 0 unspecified atom stereocenters. The number of nitrogens with zero attached hydrogens (tertiary/aromatic N) is 3. The van der Waals surface area contributed by atoms with Crippen LogP contribution in [0, 0.1) is 0 Å². The maximum atomic E-state index is 13.3. The lowest BCUT2D eigenvalue weighted by Crippen LogP contribution is -2.04. The first-order chi connectivity index (χ1) is 16.2. The van der Waals surface area contributed by atoms with Gasteiger partial charge in [0.05, 0.1) is 27.9 Å². The molecule has 3 aromatic carbocycles. The summed E-state index contributed by atoms with van der Waals surface area (Å²) in [7, 11) is 0. The van der Waals surface area contributed by atoms with Gasteiger partial charge in [0.15, 0.2) is 5.78 Å². The fourth-order valence-corrected chi connectivity index (χ4v) is 3.76. The number of ether oxygens (including phenoxy) is 1. The van der Waals surface area contributed by atoms with Crippen LogP contribution in [0.5, 0.6) is 5.75 Å². The predicted molar refractivity (Wildman–Crippen MR) is 128 cm³/mol. The minimum absolute atomic E-state index is 0.208. The molecule has 6 heteroatoms. The molecule has 33 heavy (non-hydrogen) atoms. The normalized spacial score (nSPS) is 10.8. The Morgan fingerprint density at radius 1 is 0.879 bits per heavy atom. The highest BCUT2D eigenvalue weighted by Gasteiger charge is 2.17. The Kier molecular flexibility index (Phi) is 5.79. The van der Waals surface area contributed by atoms with E-state index >= 15 is 0 Å². The fraction of sp³-hybridized carbons (Fsp3) is 0.0370. The smallest absolute Gasteiger partial charge is 0.194 e. The zero-order chi connectivity index (χ0) is 22.6. The number of benzene rings is 3. The zero-order valence-corrected chi connectivity index (χ0v) is 18.2. The van der Waals surface area contributed by atoms with Gasteiger partial charge < -0.3 is 4.74 Å². The minimum Gasteiger partial charge on any atom is -0.487 e. The standard InChI is InChI=1S/C27H18ClN3O2/c28-26-21(9-4-10-25(26)33-17-18-6-2-1-3-7-18)27(32)19-11-12-22-23(14-19)31-24(16-30-22)20-8-5-13-29-15-20/h1-16H,17H2. The number of halogens is 1. The van der Waals surface area contributed by atoms with Crippen molar-refractivity contribution in [3.05, 3.63) is 119 Å². The van der Waals surface area contributed by atoms with Gasteiger partial charge in [0, 0.05) is 29.1 Å². The van der Waals surface area contributed by atoms with Crippen molar-refractivity contribution in [1.29, 1.82) is 0 Å². The van der Waals surface area contributed by atoms with Crippen molar-refractivity contribution in [2.75, 3.05) is 0 Å². The molecule has 5 rings (SSSR count). The summed E-state index contributed by atoms with van der Waals surface area (Å²) in [5.41, 5.74) is 4.73. The van der Waals surface area contributed by atoms with E-state index in [1.54, 1.807) is 55.0 Å². The molecule has 0 N–H and O–H groups in total. The molecule has 5 nitrogen and oxygen atoms in total. The van der Waals surface area contributed by atoms with Gasteiger partial charge in [0.25, 0.3) is 0 Å². The highest BCUT2D eigenvalue weighted by molar-refractivity contribution is 6.36. The molecule has 0 aliphatic heterocycles. The van der Waals surface area contributed by atoms with Gasteiger partial charge in [-0.2, -0.15) is 0 Å². The number of hydrogen-bond donors (Lipinski definition) is 0. The van der Waals surface area contributed by atoms with E-state index in [9.17, 15) is 4.79 Å². The van der Waals surface area contributed by atoms with Crippen molar-refractivity contribution in [1.82, 2.24) is 15.0 Å². The lowest BCUT2D eigenvalue weighted by Gasteiger charge is -2.11. The van der Waals surface area contributed by atoms with Crippen LogP contribution >= 0.6 is 11.6 Å². The van der Waals surface area contributed by atoms with Crippen LogP contribution in [0.1, 0.15) is 21.5 Å². The molecule has 0 fully saturated rings. The van der Waals surface area contributed by atoms with Gasteiger partial charge in [-0.1, -0.05) is 48.0 Å². The molecule has 2 heterocycles. The largest absolute Gasteiger partial charge is 0.487 e. The van der Waals surface area contributed by atoms with Crippen molar-refractivity contribution in [2.45, 2.75) is 6.61 Å². The number of aromatic nitrogens is 3. The molecule has 0 saturated heterocycles. The first-order valence-corrected chi connectivity index (χ1v) is 10.7. The summed E-state index contributed by atoms with van der Waals surface area (Å²) in [5.74, 6) is 0.256. The van der Waals surface area contributed by atoms with E-state index in [0.29, 0.717) is 40.2 Å². The molecule has 2 aromatic heterocycles. The summed E-state index contributed by atoms with van der Waals surface area (Å²) in [6.07, 6.45) is 5.13. The third kappa shape index (κ3) is 4.45. The highest BCUT2D eigenvalue weighted by atomic mass is 35.5. The van der Waals surface area contributed by atoms with E-state index in [4.69, 9.17) is 16.3 Å². The Morgan fingerprint density at radius 3 is 2.58 bits per heavy atom. The average Bonchev–Trinajstić information content (AvgIpc) is 2.88. The molecule has 0 amide bonds. The summed E-state index contributed by atoms with van der Waals surface area (Å²) in [5, 5.41) is 0.286. The number of carbonyl (C=O) groups excluding carboxylic acids is 1. The number of rotatable bonds is 6. The summed E-state index contributed by atoms with van der Waals surface area (Å²) in [6.45, 7) is 0.362. The van der Waals surface area contributed by atoms with Crippen LogP contribution in [-0.4, -0.2) is 20.7 Å². The lowest BCUT2D eigenvalue weighted by molar-refractivity contribution is 0.103. The highest BCUT2D eigenvalue weighted by Crippen LogP contribution is 2.31. The number of ketones is 1. The molecule has 0 atom stereocenters. The van der Waals surface area contributed by atoms with Crippen molar-refractivity contribution < 1.29 is 9.53 Å². The molecule has 0 radical (unpaired) electrons. The van der Waals surface area contributed by atoms with Crippen LogP contribution in [-0.2, 0) is 6.61 Å². The van der Waals surface area contributed by atoms with Gasteiger partial charge in [0.1, 0.15) is 12.4 Å². The third-order valence-electron chi connectivity index (χ3n) is 5.21. The van der Waals surface area contributed by atoms with Crippen LogP contribution < -0.4 is 4.74 Å². The fourth-order valence-electron chi connectivity index (χ4n) is 3.49. The molecular formula is C27H18ClN3O2. The molecular weight excluding hydrogens is 434 g/mol. The topological polar surface area (TPSA) is 65.0 Å². The molecule has 5 aromatic rings. The second-order valence-electron chi connectivity index (χ2n) is 7.42. The maximum Gasteiger partial charge on any atom is 0.194 e. The summed E-state index contributed by atoms with van der Waals surface area (Å²) < 4.78 is 5.87. The van der Waals surface area contributed by atoms with Gasteiger partial charge in [0.2, 0.25) is 0 Å². The Balaban J connectivity index is 1.44. The molecule has 0 saturated carbocycles. The molecule has 0 spiro atoms. The predicted octanol–water partition coefficient (Wildman–Crippen LogP) is 6.16. The van der Waals surface area contributed by atoms with Crippen LogP contribution in [0.25, 0.3) is 22.3 Å². The second kappa shape index (κ2) is 9.18. The first kappa shape index (κ1) is 20.8. The lowest BCUT2D eigenvalue weighted by atomic mass is 10.0. The van der Waals surface area contributed by atoms with Crippen molar-refractivity contribution in [2.24, 2.45) is 0 Å². The van der Waals surface area contributed by atoms with E-state index in [0.717, 1.165) is 11.1 Å². The minimum atomic E-state index is -0.208. The Morgan fingerprint density at radius 2 is 1.76 bits per heavy atom. The van der Waals surface area contributed by atoms with E-state index < -0.39 is 0 Å². The SMILES string of the molecule is O=C(c1ccc2ncc(-c3cccnc3)nc2c1)c1cccc(OCc2ccccc2)c1Cl. The quantitative estimate of drug-likeness (QED) is 0.289. The Bertz CT molecular complexity index is 1440. The van der Waals surface area contributed by atoms with E-state index in [1.165, 1.54) is 0 Å². The number of carbonyl (C=O) groups is 1. The van der Waals surface area contributed by atoms with Crippen LogP contribution in [0.2, 0.25) is 5.02 Å². The van der Waals surface area contributed by atoms with Crippen molar-refractivity contribution >= 4 is 28.4 Å². The van der Waals surface area contributed by atoms with Gasteiger partial charge in [-0.3, -0.25) is 14.8 Å². The Hall–Kier alpha value is -4.09. The van der Waals surface area contributed by atoms with Crippen LogP contribution in [0.3, 0.4) is 0 Å². The Labute approximate surface area is 195 Å². The molecule has 0 aliphatic carbocycles. The zero-order valence-electron chi connectivity index (χ0n) is 17.5. The first-order valence-electron chi connectivity index (χ1n) is 10.4. The molecule has 0 aliphatic rings. The van der Waals surface area contributed by atoms with E-state index in [1.807, 2.05) is 42.5 Å². The third-order valence-corrected chi connectivity index (χ3v) is 5.60. The number of pyridine rings is 1. The van der Waals surface area contributed by atoms with Crippen molar-refractivity contribution in [3.8, 4) is 17.0 Å². The summed E-state index contributed by atoms with van der Waals surface area (Å²) in [4.78, 5) is 26.6. The van der Waals surface area contributed by atoms with Crippen LogP contribution in [0.4, 0.5) is 0 Å². The number of fused-ring (bicyclic) bond motifs is 1. The van der Waals surface area contributed by atoms with Gasteiger partial charge in [-0.05, 0) is 48.0 Å². The van der Waals surface area contributed by atoms with Gasteiger partial charge in [-0.15, -0.1) is 0 Å². The van der Waals surface area contributed by atoms with Crippen LogP contribution in [0.15, 0.2) is 97.5 Å². The summed E-state index contributed by atoms with van der Waals surface area (Å²) >= 11 is 6.56. The maximum absolute atomic E-state index is 13.3.